The van der Waals surface area contributed by atoms with E-state index in [1.807, 2.05) is 12.4 Å². The van der Waals surface area contributed by atoms with Crippen LogP contribution in [0.25, 0.3) is 33.2 Å². The van der Waals surface area contributed by atoms with E-state index in [0.717, 1.165) is 18.7 Å². The molecule has 0 aliphatic carbocycles. The zero-order valence-corrected chi connectivity index (χ0v) is 16.9. The number of pyridine rings is 1. The first-order valence-electron chi connectivity index (χ1n) is 10.6. The highest BCUT2D eigenvalue weighted by Crippen LogP contribution is 2.36. The third-order valence-corrected chi connectivity index (χ3v) is 6.35. The summed E-state index contributed by atoms with van der Waals surface area (Å²) >= 11 is 0. The number of piperidine rings is 1. The van der Waals surface area contributed by atoms with Crippen LogP contribution in [0.4, 0.5) is 0 Å². The van der Waals surface area contributed by atoms with Crippen LogP contribution in [-0.4, -0.2) is 22.6 Å². The second-order valence-electron chi connectivity index (χ2n) is 8.14. The summed E-state index contributed by atoms with van der Waals surface area (Å²) in [5.74, 6) is 0.668. The molecule has 0 radical (unpaired) electrons. The van der Waals surface area contributed by atoms with Gasteiger partial charge in [0.2, 0.25) is 0 Å². The lowest BCUT2D eigenvalue weighted by Gasteiger charge is -2.30. The van der Waals surface area contributed by atoms with Gasteiger partial charge in [0.05, 0.1) is 0 Å². The second kappa shape index (κ2) is 7.84. The van der Waals surface area contributed by atoms with Crippen LogP contribution >= 0.6 is 0 Å². The van der Waals surface area contributed by atoms with Gasteiger partial charge < -0.3 is 9.88 Å². The SMILES string of the molecule is CC(C1CCCNC1)n1cc(-c2cncc(-c3ccccc3)c2)c2ccccc21. The van der Waals surface area contributed by atoms with Crippen molar-refractivity contribution < 1.29 is 0 Å². The zero-order valence-electron chi connectivity index (χ0n) is 16.9. The topological polar surface area (TPSA) is 29.9 Å². The molecule has 29 heavy (non-hydrogen) atoms. The molecule has 4 aromatic rings. The van der Waals surface area contributed by atoms with Crippen molar-refractivity contribution in [2.75, 3.05) is 13.1 Å². The molecule has 0 amide bonds. The van der Waals surface area contributed by atoms with Crippen molar-refractivity contribution in [2.45, 2.75) is 25.8 Å². The van der Waals surface area contributed by atoms with Crippen LogP contribution in [0.1, 0.15) is 25.8 Å². The van der Waals surface area contributed by atoms with E-state index in [-0.39, 0.29) is 0 Å². The Labute approximate surface area is 172 Å². The van der Waals surface area contributed by atoms with Crippen LogP contribution in [0.5, 0.6) is 0 Å². The standard InChI is InChI=1S/C26H27N3/c1-19(21-10-7-13-27-15-21)29-18-25(24-11-5-6-12-26(24)29)23-14-22(16-28-17-23)20-8-3-2-4-9-20/h2-6,8-9,11-12,14,16-19,21,27H,7,10,13,15H2,1H3. The molecule has 2 atom stereocenters. The summed E-state index contributed by atoms with van der Waals surface area (Å²) in [6.45, 7) is 4.62. The lowest BCUT2D eigenvalue weighted by atomic mass is 9.92. The number of benzene rings is 2. The number of rotatable bonds is 4. The molecule has 146 valence electrons. The van der Waals surface area contributed by atoms with Crippen molar-refractivity contribution in [3.05, 3.63) is 79.3 Å². The molecule has 3 nitrogen and oxygen atoms in total. The summed E-state index contributed by atoms with van der Waals surface area (Å²) in [5.41, 5.74) is 6.11. The fourth-order valence-corrected chi connectivity index (χ4v) is 4.67. The van der Waals surface area contributed by atoms with Gasteiger partial charge in [0.25, 0.3) is 0 Å². The number of hydrogen-bond acceptors (Lipinski definition) is 2. The van der Waals surface area contributed by atoms with E-state index >= 15 is 0 Å². The minimum absolute atomic E-state index is 0.465. The Morgan fingerprint density at radius 2 is 1.76 bits per heavy atom. The highest BCUT2D eigenvalue weighted by atomic mass is 15.0. The van der Waals surface area contributed by atoms with Gasteiger partial charge in [0.15, 0.2) is 0 Å². The molecule has 3 heterocycles. The molecule has 2 aromatic heterocycles. The quantitative estimate of drug-likeness (QED) is 0.475. The Bertz CT molecular complexity index is 1110. The normalized spacial score (nSPS) is 18.0. The third kappa shape index (κ3) is 3.47. The van der Waals surface area contributed by atoms with Gasteiger partial charge in [-0.2, -0.15) is 0 Å². The molecule has 1 aliphatic rings. The number of hydrogen-bond donors (Lipinski definition) is 1. The van der Waals surface area contributed by atoms with E-state index in [9.17, 15) is 0 Å². The van der Waals surface area contributed by atoms with Gasteiger partial charge in [-0.25, -0.2) is 0 Å². The lowest BCUT2D eigenvalue weighted by molar-refractivity contribution is 0.284. The van der Waals surface area contributed by atoms with Crippen molar-refractivity contribution in [1.29, 1.82) is 0 Å². The molecule has 1 aliphatic heterocycles. The molecule has 1 fully saturated rings. The highest BCUT2D eigenvalue weighted by Gasteiger charge is 2.23. The van der Waals surface area contributed by atoms with Gasteiger partial charge in [0.1, 0.15) is 0 Å². The van der Waals surface area contributed by atoms with Crippen LogP contribution in [0, 0.1) is 5.92 Å². The van der Waals surface area contributed by atoms with E-state index in [0.29, 0.717) is 12.0 Å². The average molecular weight is 382 g/mol. The summed E-state index contributed by atoms with van der Waals surface area (Å²) < 4.78 is 2.48. The maximum absolute atomic E-state index is 4.57. The summed E-state index contributed by atoms with van der Waals surface area (Å²) in [6, 6.07) is 22.0. The molecule has 0 bridgehead atoms. The lowest BCUT2D eigenvalue weighted by Crippen LogP contribution is -2.34. The first-order chi connectivity index (χ1) is 14.3. The van der Waals surface area contributed by atoms with Crippen LogP contribution in [0.15, 0.2) is 79.3 Å². The predicted octanol–water partition coefficient (Wildman–Crippen LogP) is 5.93. The molecule has 2 aromatic carbocycles. The van der Waals surface area contributed by atoms with Crippen LogP contribution in [0.2, 0.25) is 0 Å². The van der Waals surface area contributed by atoms with Crippen LogP contribution < -0.4 is 5.32 Å². The Morgan fingerprint density at radius 3 is 2.59 bits per heavy atom. The maximum Gasteiger partial charge on any atom is 0.0489 e. The number of nitrogens with one attached hydrogen (secondary N) is 1. The minimum atomic E-state index is 0.465. The Morgan fingerprint density at radius 1 is 0.966 bits per heavy atom. The number of aromatic nitrogens is 2. The summed E-state index contributed by atoms with van der Waals surface area (Å²) in [5, 5.41) is 4.88. The number of fused-ring (bicyclic) bond motifs is 1. The van der Waals surface area contributed by atoms with Gasteiger partial charge in [-0.15, -0.1) is 0 Å². The van der Waals surface area contributed by atoms with E-state index in [1.54, 1.807) is 0 Å². The first kappa shape index (κ1) is 18.1. The molecule has 0 spiro atoms. The van der Waals surface area contributed by atoms with Crippen LogP contribution in [0.3, 0.4) is 0 Å². The molecule has 2 unspecified atom stereocenters. The molecule has 1 saturated heterocycles. The van der Waals surface area contributed by atoms with E-state index in [2.05, 4.69) is 88.7 Å². The summed E-state index contributed by atoms with van der Waals surface area (Å²) in [7, 11) is 0. The van der Waals surface area contributed by atoms with E-state index in [4.69, 9.17) is 0 Å². The number of nitrogens with zero attached hydrogens (tertiary/aromatic N) is 2. The average Bonchev–Trinajstić information content (AvgIpc) is 3.20. The van der Waals surface area contributed by atoms with Gasteiger partial charge in [-0.3, -0.25) is 4.98 Å². The van der Waals surface area contributed by atoms with Crippen molar-refractivity contribution >= 4 is 10.9 Å². The monoisotopic (exact) mass is 381 g/mol. The highest BCUT2D eigenvalue weighted by molar-refractivity contribution is 5.96. The van der Waals surface area contributed by atoms with Crippen molar-refractivity contribution in [3.8, 4) is 22.3 Å². The number of para-hydroxylation sites is 1. The predicted molar refractivity (Wildman–Crippen MR) is 121 cm³/mol. The van der Waals surface area contributed by atoms with Crippen molar-refractivity contribution in [3.63, 3.8) is 0 Å². The summed E-state index contributed by atoms with van der Waals surface area (Å²) in [4.78, 5) is 4.57. The van der Waals surface area contributed by atoms with Crippen LogP contribution in [-0.2, 0) is 0 Å². The molecule has 1 N–H and O–H groups in total. The van der Waals surface area contributed by atoms with E-state index in [1.165, 1.54) is 40.4 Å². The first-order valence-corrected chi connectivity index (χ1v) is 10.6. The van der Waals surface area contributed by atoms with E-state index < -0.39 is 0 Å². The minimum Gasteiger partial charge on any atom is -0.344 e. The second-order valence-corrected chi connectivity index (χ2v) is 8.14. The zero-order chi connectivity index (χ0) is 19.6. The third-order valence-electron chi connectivity index (χ3n) is 6.35. The smallest absolute Gasteiger partial charge is 0.0489 e. The maximum atomic E-state index is 4.57. The Hall–Kier alpha value is -2.91. The van der Waals surface area contributed by atoms with Gasteiger partial charge in [-0.1, -0.05) is 48.5 Å². The van der Waals surface area contributed by atoms with Crippen molar-refractivity contribution in [2.24, 2.45) is 5.92 Å². The van der Waals surface area contributed by atoms with Gasteiger partial charge in [-0.05, 0) is 56.5 Å². The molecule has 0 saturated carbocycles. The van der Waals surface area contributed by atoms with Gasteiger partial charge >= 0.3 is 0 Å². The largest absolute Gasteiger partial charge is 0.344 e. The van der Waals surface area contributed by atoms with Gasteiger partial charge in [0, 0.05) is 52.2 Å². The Balaban J connectivity index is 1.59. The summed E-state index contributed by atoms with van der Waals surface area (Å²) in [6.07, 6.45) is 8.85. The van der Waals surface area contributed by atoms with Crippen molar-refractivity contribution in [1.82, 2.24) is 14.9 Å². The fourth-order valence-electron chi connectivity index (χ4n) is 4.67. The molecule has 3 heteroatoms. The molecular weight excluding hydrogens is 354 g/mol. The molecule has 5 rings (SSSR count). The fraction of sp³-hybridized carbons (Fsp3) is 0.269. The molecular formula is C26H27N3. The Kier molecular flexibility index (Phi) is 4.91.